The maximum absolute atomic E-state index is 13.9. The Morgan fingerprint density at radius 1 is 1.06 bits per heavy atom. The molecule has 0 unspecified atom stereocenters. The van der Waals surface area contributed by atoms with Gasteiger partial charge in [0.15, 0.2) is 5.75 Å². The number of nitro groups is 1. The van der Waals surface area contributed by atoms with Crippen molar-refractivity contribution in [3.63, 3.8) is 0 Å². The van der Waals surface area contributed by atoms with E-state index < -0.39 is 22.7 Å². The fraction of sp³-hybridized carbons (Fsp3) is 0.0833. The Morgan fingerprint density at radius 2 is 1.77 bits per heavy atom. The molecule has 1 saturated heterocycles. The average molecular weight is 516 g/mol. The van der Waals surface area contributed by atoms with Gasteiger partial charge in [-0.1, -0.05) is 53.5 Å². The molecule has 3 aromatic rings. The zero-order valence-corrected chi connectivity index (χ0v) is 19.3. The lowest BCUT2D eigenvalue weighted by molar-refractivity contribution is -0.384. The van der Waals surface area contributed by atoms with Crippen LogP contribution in [-0.2, 0) is 17.9 Å². The van der Waals surface area contributed by atoms with E-state index in [-0.39, 0.29) is 45.9 Å². The first-order chi connectivity index (χ1) is 16.7. The summed E-state index contributed by atoms with van der Waals surface area (Å²) in [6.45, 7) is -0.234. The Hall–Kier alpha value is -3.95. The molecule has 178 valence electrons. The fourth-order valence-electron chi connectivity index (χ4n) is 3.39. The van der Waals surface area contributed by atoms with E-state index in [9.17, 15) is 24.1 Å². The molecule has 1 aliphatic rings. The zero-order valence-electron chi connectivity index (χ0n) is 17.8. The van der Waals surface area contributed by atoms with Gasteiger partial charge in [-0.05, 0) is 35.4 Å². The first kappa shape index (κ1) is 24.2. The van der Waals surface area contributed by atoms with E-state index in [1.807, 2.05) is 0 Å². The number of nitrogens with one attached hydrogen (secondary N) is 1. The van der Waals surface area contributed by atoms with Crippen LogP contribution in [0.5, 0.6) is 5.75 Å². The third kappa shape index (κ3) is 5.42. The van der Waals surface area contributed by atoms with E-state index in [0.717, 1.165) is 4.90 Å². The van der Waals surface area contributed by atoms with Crippen LogP contribution in [0.25, 0.3) is 6.08 Å². The van der Waals surface area contributed by atoms with Gasteiger partial charge in [0.05, 0.1) is 21.5 Å². The van der Waals surface area contributed by atoms with Gasteiger partial charge in [-0.2, -0.15) is 0 Å². The normalized spacial score (nSPS) is 14.4. The lowest BCUT2D eigenvalue weighted by Crippen LogP contribution is -2.30. The SMILES string of the molecule is O=C1N/C(=C/c2cc(Cl)c(OCc3cccc([N+](=O)[O-])c3)c(Cl)c2)C(=O)N1Cc1ccccc1F. The number of nitro benzene ring substituents is 1. The minimum absolute atomic E-state index is 0.0128. The second kappa shape index (κ2) is 10.1. The number of rotatable bonds is 7. The summed E-state index contributed by atoms with van der Waals surface area (Å²) in [7, 11) is 0. The second-order valence-electron chi connectivity index (χ2n) is 7.50. The molecule has 0 spiro atoms. The molecule has 0 aliphatic carbocycles. The summed E-state index contributed by atoms with van der Waals surface area (Å²) in [6, 6.07) is 14.1. The van der Waals surface area contributed by atoms with Gasteiger partial charge < -0.3 is 10.1 Å². The van der Waals surface area contributed by atoms with Crippen molar-refractivity contribution in [1.29, 1.82) is 0 Å². The summed E-state index contributed by atoms with van der Waals surface area (Å²) >= 11 is 12.6. The van der Waals surface area contributed by atoms with Gasteiger partial charge in [0.2, 0.25) is 0 Å². The van der Waals surface area contributed by atoms with E-state index in [2.05, 4.69) is 5.32 Å². The van der Waals surface area contributed by atoms with E-state index in [0.29, 0.717) is 11.1 Å². The number of nitrogens with zero attached hydrogens (tertiary/aromatic N) is 2. The highest BCUT2D eigenvalue weighted by Crippen LogP contribution is 2.36. The molecule has 1 heterocycles. The summed E-state index contributed by atoms with van der Waals surface area (Å²) in [6.07, 6.45) is 1.39. The molecule has 1 aliphatic heterocycles. The van der Waals surface area contributed by atoms with Crippen molar-refractivity contribution in [2.45, 2.75) is 13.2 Å². The molecule has 11 heteroatoms. The number of benzene rings is 3. The summed E-state index contributed by atoms with van der Waals surface area (Å²) in [5.41, 5.74) is 1.07. The largest absolute Gasteiger partial charge is 0.486 e. The monoisotopic (exact) mass is 515 g/mol. The Balaban J connectivity index is 1.50. The molecule has 1 N–H and O–H groups in total. The Morgan fingerprint density at radius 3 is 2.46 bits per heavy atom. The number of hydrogen-bond donors (Lipinski definition) is 1. The van der Waals surface area contributed by atoms with Crippen LogP contribution in [0, 0.1) is 15.9 Å². The van der Waals surface area contributed by atoms with E-state index >= 15 is 0 Å². The Kier molecular flexibility index (Phi) is 6.99. The van der Waals surface area contributed by atoms with Gasteiger partial charge in [-0.25, -0.2) is 9.18 Å². The highest BCUT2D eigenvalue weighted by atomic mass is 35.5. The van der Waals surface area contributed by atoms with Crippen LogP contribution in [0.15, 0.2) is 66.4 Å². The van der Waals surface area contributed by atoms with Crippen molar-refractivity contribution in [2.24, 2.45) is 0 Å². The molecule has 3 aromatic carbocycles. The van der Waals surface area contributed by atoms with Crippen molar-refractivity contribution in [2.75, 3.05) is 0 Å². The minimum atomic E-state index is -0.682. The average Bonchev–Trinajstić information content (AvgIpc) is 3.07. The molecule has 3 amide bonds. The molecule has 1 fully saturated rings. The lowest BCUT2D eigenvalue weighted by Gasteiger charge is -2.12. The minimum Gasteiger partial charge on any atom is -0.486 e. The molecule has 0 atom stereocenters. The number of carbonyl (C=O) groups is 2. The van der Waals surface area contributed by atoms with Crippen LogP contribution >= 0.6 is 23.2 Å². The van der Waals surface area contributed by atoms with Crippen LogP contribution in [0.4, 0.5) is 14.9 Å². The summed E-state index contributed by atoms with van der Waals surface area (Å²) < 4.78 is 19.6. The third-order valence-electron chi connectivity index (χ3n) is 5.08. The van der Waals surface area contributed by atoms with Crippen molar-refractivity contribution in [1.82, 2.24) is 10.2 Å². The molecule has 0 aromatic heterocycles. The van der Waals surface area contributed by atoms with Crippen molar-refractivity contribution >= 4 is 46.9 Å². The molecule has 4 rings (SSSR count). The molecule has 35 heavy (non-hydrogen) atoms. The topological polar surface area (TPSA) is 102 Å². The highest BCUT2D eigenvalue weighted by Gasteiger charge is 2.34. The van der Waals surface area contributed by atoms with Crippen LogP contribution in [-0.4, -0.2) is 21.8 Å². The number of non-ortho nitro benzene ring substituents is 1. The molecular weight excluding hydrogens is 500 g/mol. The highest BCUT2D eigenvalue weighted by molar-refractivity contribution is 6.37. The van der Waals surface area contributed by atoms with Crippen LogP contribution in [0.1, 0.15) is 16.7 Å². The lowest BCUT2D eigenvalue weighted by atomic mass is 10.1. The van der Waals surface area contributed by atoms with Crippen molar-refractivity contribution in [3.05, 3.63) is 109 Å². The number of imide groups is 1. The number of amides is 3. The Bertz CT molecular complexity index is 1360. The third-order valence-corrected chi connectivity index (χ3v) is 5.65. The van der Waals surface area contributed by atoms with E-state index in [1.165, 1.54) is 54.6 Å². The first-order valence-electron chi connectivity index (χ1n) is 10.2. The maximum atomic E-state index is 13.9. The number of halogens is 3. The summed E-state index contributed by atoms with van der Waals surface area (Å²) in [4.78, 5) is 36.3. The van der Waals surface area contributed by atoms with Gasteiger partial charge in [0.25, 0.3) is 11.6 Å². The van der Waals surface area contributed by atoms with Gasteiger partial charge in [0, 0.05) is 17.7 Å². The number of ether oxygens (including phenoxy) is 1. The van der Waals surface area contributed by atoms with Gasteiger partial charge in [0.1, 0.15) is 18.1 Å². The quantitative estimate of drug-likeness (QED) is 0.188. The van der Waals surface area contributed by atoms with Crippen LogP contribution in [0.2, 0.25) is 10.0 Å². The van der Waals surface area contributed by atoms with Crippen LogP contribution in [0.3, 0.4) is 0 Å². The van der Waals surface area contributed by atoms with Gasteiger partial charge >= 0.3 is 6.03 Å². The van der Waals surface area contributed by atoms with Crippen LogP contribution < -0.4 is 10.1 Å². The fourth-order valence-corrected chi connectivity index (χ4v) is 4.01. The van der Waals surface area contributed by atoms with Crippen molar-refractivity contribution in [3.8, 4) is 5.75 Å². The second-order valence-corrected chi connectivity index (χ2v) is 8.31. The summed E-state index contributed by atoms with van der Waals surface area (Å²) in [5, 5.41) is 13.7. The van der Waals surface area contributed by atoms with Gasteiger partial charge in [-0.15, -0.1) is 0 Å². The Labute approximate surface area is 208 Å². The number of urea groups is 1. The zero-order chi connectivity index (χ0) is 25.1. The molecular formula is C24H16Cl2FN3O5. The van der Waals surface area contributed by atoms with E-state index in [1.54, 1.807) is 12.1 Å². The molecule has 0 saturated carbocycles. The predicted molar refractivity (Wildman–Crippen MR) is 127 cm³/mol. The summed E-state index contributed by atoms with van der Waals surface area (Å²) in [5.74, 6) is -0.994. The first-order valence-corrected chi connectivity index (χ1v) is 10.9. The maximum Gasteiger partial charge on any atom is 0.329 e. The smallest absolute Gasteiger partial charge is 0.329 e. The van der Waals surface area contributed by atoms with E-state index in [4.69, 9.17) is 27.9 Å². The molecule has 0 bridgehead atoms. The molecule has 0 radical (unpaired) electrons. The molecule has 8 nitrogen and oxygen atoms in total. The number of hydrogen-bond acceptors (Lipinski definition) is 5. The predicted octanol–water partition coefficient (Wildman–Crippen LogP) is 5.71. The number of carbonyl (C=O) groups excluding carboxylic acids is 2. The van der Waals surface area contributed by atoms with Gasteiger partial charge in [-0.3, -0.25) is 19.8 Å². The standard InChI is InChI=1S/C24H16Cl2FN3O5/c25-18-9-15(10-19(26)22(18)35-13-14-4-3-6-17(8-14)30(33)34)11-21-23(31)29(24(32)28-21)12-16-5-1-2-7-20(16)27/h1-11H,12-13H2,(H,28,32)/b21-11+. The van der Waals surface area contributed by atoms with Crippen molar-refractivity contribution < 1.29 is 23.6 Å².